The second-order valence-corrected chi connectivity index (χ2v) is 5.90. The molecule has 4 nitrogen and oxygen atoms in total. The minimum absolute atomic E-state index is 0.361. The van der Waals surface area contributed by atoms with Crippen molar-refractivity contribution in [2.24, 2.45) is 5.41 Å². The molecule has 0 bridgehead atoms. The molecule has 0 amide bonds. The summed E-state index contributed by atoms with van der Waals surface area (Å²) >= 11 is 0. The second-order valence-electron chi connectivity index (χ2n) is 5.90. The van der Waals surface area contributed by atoms with E-state index in [2.05, 4.69) is 26.1 Å². The van der Waals surface area contributed by atoms with Crippen molar-refractivity contribution in [2.45, 2.75) is 27.2 Å². The molecule has 0 spiro atoms. The smallest absolute Gasteiger partial charge is 0.203 e. The van der Waals surface area contributed by atoms with E-state index in [1.807, 2.05) is 18.2 Å². The lowest BCUT2D eigenvalue weighted by Crippen LogP contribution is -2.25. The van der Waals surface area contributed by atoms with Gasteiger partial charge in [0.25, 0.3) is 0 Å². The fourth-order valence-corrected chi connectivity index (χ4v) is 1.77. The number of para-hydroxylation sites is 1. The normalized spacial score (nSPS) is 11.2. The summed E-state index contributed by atoms with van der Waals surface area (Å²) in [7, 11) is 3.26. The summed E-state index contributed by atoms with van der Waals surface area (Å²) in [5.74, 6) is 2.05. The van der Waals surface area contributed by atoms with Crippen LogP contribution >= 0.6 is 0 Å². The van der Waals surface area contributed by atoms with Gasteiger partial charge in [0, 0.05) is 6.54 Å². The summed E-state index contributed by atoms with van der Waals surface area (Å²) in [6, 6.07) is 5.61. The van der Waals surface area contributed by atoms with E-state index in [1.54, 1.807) is 14.2 Å². The molecule has 1 rings (SSSR count). The van der Waals surface area contributed by atoms with Gasteiger partial charge in [0.05, 0.1) is 14.2 Å². The monoisotopic (exact) mass is 281 g/mol. The standard InChI is InChI=1S/C16H27NO3/c1-16(2,3)9-10-17-11-12-20-15-13(18-4)7-6-8-14(15)19-5/h6-8,17H,9-12H2,1-5H3. The fraction of sp³-hybridized carbons (Fsp3) is 0.625. The van der Waals surface area contributed by atoms with Gasteiger partial charge in [-0.2, -0.15) is 0 Å². The van der Waals surface area contributed by atoms with Gasteiger partial charge in [-0.15, -0.1) is 0 Å². The molecular weight excluding hydrogens is 254 g/mol. The van der Waals surface area contributed by atoms with Crippen molar-refractivity contribution in [1.29, 1.82) is 0 Å². The number of methoxy groups -OCH3 is 2. The zero-order chi connectivity index (χ0) is 15.0. The Hall–Kier alpha value is -1.42. The van der Waals surface area contributed by atoms with Crippen LogP contribution in [0.5, 0.6) is 17.2 Å². The minimum atomic E-state index is 0.361. The summed E-state index contributed by atoms with van der Waals surface area (Å²) < 4.78 is 16.3. The number of ether oxygens (including phenoxy) is 3. The first-order valence-corrected chi connectivity index (χ1v) is 7.02. The molecule has 0 radical (unpaired) electrons. The topological polar surface area (TPSA) is 39.7 Å². The van der Waals surface area contributed by atoms with Crippen LogP contribution < -0.4 is 19.5 Å². The van der Waals surface area contributed by atoms with Crippen LogP contribution in [0.25, 0.3) is 0 Å². The van der Waals surface area contributed by atoms with Crippen molar-refractivity contribution < 1.29 is 14.2 Å². The number of rotatable bonds is 8. The molecule has 1 aromatic carbocycles. The second kappa shape index (κ2) is 8.00. The first-order chi connectivity index (χ1) is 9.48. The summed E-state index contributed by atoms with van der Waals surface area (Å²) in [6.07, 6.45) is 1.14. The molecule has 0 saturated heterocycles. The molecule has 0 fully saturated rings. The third kappa shape index (κ3) is 5.70. The molecule has 20 heavy (non-hydrogen) atoms. The molecule has 1 aromatic rings. The van der Waals surface area contributed by atoms with Gasteiger partial charge in [-0.1, -0.05) is 26.8 Å². The lowest BCUT2D eigenvalue weighted by molar-refractivity contribution is 0.270. The molecule has 0 heterocycles. The van der Waals surface area contributed by atoms with Crippen LogP contribution in [0.2, 0.25) is 0 Å². The summed E-state index contributed by atoms with van der Waals surface area (Å²) in [5, 5.41) is 3.38. The lowest BCUT2D eigenvalue weighted by atomic mass is 9.92. The van der Waals surface area contributed by atoms with Crippen molar-refractivity contribution in [3.8, 4) is 17.2 Å². The summed E-state index contributed by atoms with van der Waals surface area (Å²) in [4.78, 5) is 0. The summed E-state index contributed by atoms with van der Waals surface area (Å²) in [5.41, 5.74) is 0.361. The molecule has 0 aliphatic carbocycles. The van der Waals surface area contributed by atoms with E-state index < -0.39 is 0 Å². The van der Waals surface area contributed by atoms with E-state index in [4.69, 9.17) is 14.2 Å². The quantitative estimate of drug-likeness (QED) is 0.743. The molecule has 0 aliphatic rings. The molecule has 1 N–H and O–H groups in total. The maximum atomic E-state index is 5.77. The van der Waals surface area contributed by atoms with Crippen molar-refractivity contribution in [1.82, 2.24) is 5.32 Å². The third-order valence-electron chi connectivity index (χ3n) is 2.96. The van der Waals surface area contributed by atoms with E-state index in [0.29, 0.717) is 29.3 Å². The van der Waals surface area contributed by atoms with Crippen molar-refractivity contribution in [2.75, 3.05) is 33.9 Å². The Morgan fingerprint density at radius 1 is 1.00 bits per heavy atom. The van der Waals surface area contributed by atoms with Gasteiger partial charge in [-0.05, 0) is 30.5 Å². The highest BCUT2D eigenvalue weighted by molar-refractivity contribution is 5.51. The Bertz CT molecular complexity index is 377. The Kier molecular flexibility index (Phi) is 6.65. The Labute approximate surface area is 122 Å². The number of hydrogen-bond donors (Lipinski definition) is 1. The first-order valence-electron chi connectivity index (χ1n) is 7.02. The average molecular weight is 281 g/mol. The largest absolute Gasteiger partial charge is 0.493 e. The SMILES string of the molecule is COc1cccc(OC)c1OCCNCCC(C)(C)C. The van der Waals surface area contributed by atoms with Gasteiger partial charge in [-0.25, -0.2) is 0 Å². The van der Waals surface area contributed by atoms with Gasteiger partial charge in [0.15, 0.2) is 11.5 Å². The van der Waals surface area contributed by atoms with Crippen LogP contribution in [0.15, 0.2) is 18.2 Å². The lowest BCUT2D eigenvalue weighted by Gasteiger charge is -2.18. The zero-order valence-electron chi connectivity index (χ0n) is 13.3. The average Bonchev–Trinajstić information content (AvgIpc) is 2.41. The Morgan fingerprint density at radius 2 is 1.60 bits per heavy atom. The van der Waals surface area contributed by atoms with E-state index in [0.717, 1.165) is 19.5 Å². The fourth-order valence-electron chi connectivity index (χ4n) is 1.77. The van der Waals surface area contributed by atoms with Crippen LogP contribution in [0, 0.1) is 5.41 Å². The molecule has 0 saturated carbocycles. The van der Waals surface area contributed by atoms with E-state index in [1.165, 1.54) is 0 Å². The summed E-state index contributed by atoms with van der Waals surface area (Å²) in [6.45, 7) is 9.11. The maximum Gasteiger partial charge on any atom is 0.203 e. The van der Waals surface area contributed by atoms with Crippen LogP contribution in [0.4, 0.5) is 0 Å². The molecule has 0 aliphatic heterocycles. The Balaban J connectivity index is 2.38. The molecule has 0 atom stereocenters. The van der Waals surface area contributed by atoms with E-state index >= 15 is 0 Å². The molecule has 0 unspecified atom stereocenters. The molecular formula is C16H27NO3. The molecule has 0 aromatic heterocycles. The predicted molar refractivity (Wildman–Crippen MR) is 82.0 cm³/mol. The first kappa shape index (κ1) is 16.6. The number of benzene rings is 1. The minimum Gasteiger partial charge on any atom is -0.493 e. The highest BCUT2D eigenvalue weighted by Crippen LogP contribution is 2.36. The number of hydrogen-bond acceptors (Lipinski definition) is 4. The van der Waals surface area contributed by atoms with Gasteiger partial charge < -0.3 is 19.5 Å². The molecule has 114 valence electrons. The van der Waals surface area contributed by atoms with Crippen LogP contribution in [-0.4, -0.2) is 33.9 Å². The highest BCUT2D eigenvalue weighted by Gasteiger charge is 2.11. The predicted octanol–water partition coefficient (Wildman–Crippen LogP) is 3.11. The van der Waals surface area contributed by atoms with E-state index in [-0.39, 0.29) is 0 Å². The molecule has 4 heteroatoms. The maximum absolute atomic E-state index is 5.77. The van der Waals surface area contributed by atoms with Crippen LogP contribution in [0.3, 0.4) is 0 Å². The zero-order valence-corrected chi connectivity index (χ0v) is 13.3. The van der Waals surface area contributed by atoms with Gasteiger partial charge in [-0.3, -0.25) is 0 Å². The van der Waals surface area contributed by atoms with Crippen molar-refractivity contribution in [3.63, 3.8) is 0 Å². The van der Waals surface area contributed by atoms with Crippen molar-refractivity contribution >= 4 is 0 Å². The van der Waals surface area contributed by atoms with Gasteiger partial charge in [0.2, 0.25) is 5.75 Å². The van der Waals surface area contributed by atoms with Gasteiger partial charge in [0.1, 0.15) is 6.61 Å². The van der Waals surface area contributed by atoms with Crippen molar-refractivity contribution in [3.05, 3.63) is 18.2 Å². The van der Waals surface area contributed by atoms with Crippen LogP contribution in [0.1, 0.15) is 27.2 Å². The van der Waals surface area contributed by atoms with Crippen LogP contribution in [-0.2, 0) is 0 Å². The van der Waals surface area contributed by atoms with Gasteiger partial charge >= 0.3 is 0 Å². The Morgan fingerprint density at radius 3 is 2.10 bits per heavy atom. The highest BCUT2D eigenvalue weighted by atomic mass is 16.5. The third-order valence-corrected chi connectivity index (χ3v) is 2.96. The number of nitrogens with one attached hydrogen (secondary N) is 1. The van der Waals surface area contributed by atoms with E-state index in [9.17, 15) is 0 Å².